The lowest BCUT2D eigenvalue weighted by atomic mass is 10.1. The molecular weight excluding hydrogens is 322 g/mol. The van der Waals surface area contributed by atoms with Crippen LogP contribution in [0.5, 0.6) is 0 Å². The van der Waals surface area contributed by atoms with Crippen molar-refractivity contribution in [1.82, 2.24) is 10.0 Å². The number of pyridine rings is 1. The predicted molar refractivity (Wildman–Crippen MR) is 72.0 cm³/mol. The highest BCUT2D eigenvalue weighted by Crippen LogP contribution is 2.74. The molecule has 1 aliphatic heterocycles. The molecule has 2 rings (SSSR count). The van der Waals surface area contributed by atoms with Gasteiger partial charge in [-0.15, -0.1) is 0 Å². The van der Waals surface area contributed by atoms with Crippen LogP contribution in [0.25, 0.3) is 0 Å². The Bertz CT molecular complexity index is 618. The van der Waals surface area contributed by atoms with Crippen LogP contribution in [0.3, 0.4) is 0 Å². The molecule has 0 aromatic carbocycles. The van der Waals surface area contributed by atoms with Crippen molar-refractivity contribution in [3.8, 4) is 0 Å². The first-order chi connectivity index (χ1) is 9.49. The van der Waals surface area contributed by atoms with Crippen LogP contribution in [0.1, 0.15) is 23.7 Å². The molecule has 0 saturated carbocycles. The van der Waals surface area contributed by atoms with Crippen molar-refractivity contribution < 1.29 is 33.5 Å². The molecule has 0 radical (unpaired) electrons. The van der Waals surface area contributed by atoms with Gasteiger partial charge in [0.2, 0.25) is 0 Å². The van der Waals surface area contributed by atoms with E-state index in [9.17, 15) is 28.7 Å². The van der Waals surface area contributed by atoms with Gasteiger partial charge in [0, 0.05) is 19.7 Å². The van der Waals surface area contributed by atoms with Crippen molar-refractivity contribution in [1.29, 1.82) is 0 Å². The summed E-state index contributed by atoms with van der Waals surface area (Å²) in [5, 5.41) is -1.84. The van der Waals surface area contributed by atoms with Gasteiger partial charge in [0.25, 0.3) is 5.08 Å². The Morgan fingerprint density at radius 2 is 1.90 bits per heavy atom. The van der Waals surface area contributed by atoms with E-state index < -0.39 is 32.7 Å². The fourth-order valence-corrected chi connectivity index (χ4v) is 4.99. The SMILES string of the molecule is Cc1cccnc1C1CC(P(=O)(O)O)(P(=O)(O)O)ON1C. The van der Waals surface area contributed by atoms with E-state index >= 15 is 0 Å². The third-order valence-electron chi connectivity index (χ3n) is 3.46. The summed E-state index contributed by atoms with van der Waals surface area (Å²) in [4.78, 5) is 46.7. The number of aromatic nitrogens is 1. The lowest BCUT2D eigenvalue weighted by Gasteiger charge is -2.28. The largest absolute Gasteiger partial charge is 0.371 e. The van der Waals surface area contributed by atoms with Crippen molar-refractivity contribution in [2.24, 2.45) is 0 Å². The van der Waals surface area contributed by atoms with Crippen LogP contribution in [0.4, 0.5) is 0 Å². The van der Waals surface area contributed by atoms with Crippen LogP contribution in [0.2, 0.25) is 0 Å². The lowest BCUT2D eigenvalue weighted by Crippen LogP contribution is -2.29. The average molecular weight is 338 g/mol. The highest BCUT2D eigenvalue weighted by Gasteiger charge is 2.68. The second-order valence-corrected chi connectivity index (χ2v) is 8.87. The van der Waals surface area contributed by atoms with Crippen molar-refractivity contribution in [2.75, 3.05) is 7.05 Å². The van der Waals surface area contributed by atoms with Gasteiger partial charge in [0.1, 0.15) is 0 Å². The van der Waals surface area contributed by atoms with E-state index in [0.717, 1.165) is 10.6 Å². The third-order valence-corrected chi connectivity index (χ3v) is 7.38. The van der Waals surface area contributed by atoms with Crippen LogP contribution in [0, 0.1) is 6.92 Å². The Labute approximate surface area is 120 Å². The molecule has 0 aliphatic carbocycles. The van der Waals surface area contributed by atoms with Gasteiger partial charge in [-0.25, -0.2) is 0 Å². The van der Waals surface area contributed by atoms with Crippen LogP contribution in [0.15, 0.2) is 18.3 Å². The zero-order valence-electron chi connectivity index (χ0n) is 11.3. The van der Waals surface area contributed by atoms with E-state index in [0.29, 0.717) is 5.69 Å². The second kappa shape index (κ2) is 5.22. The Morgan fingerprint density at radius 3 is 2.33 bits per heavy atom. The standard InChI is InChI=1S/C10H16N2O7P2/c1-7-4-3-5-11-9(7)8-6-10(19-12(8)2,20(13,14)15)21(16,17)18/h3-5,8H,6H2,1-2H3,(H2,13,14,15)(H2,16,17,18). The van der Waals surface area contributed by atoms with Crippen LogP contribution in [-0.4, -0.2) is 41.8 Å². The van der Waals surface area contributed by atoms with E-state index in [2.05, 4.69) is 4.98 Å². The molecule has 1 saturated heterocycles. The zero-order chi connectivity index (χ0) is 16.1. The van der Waals surface area contributed by atoms with E-state index in [1.807, 2.05) is 0 Å². The first-order valence-electron chi connectivity index (χ1n) is 5.94. The zero-order valence-corrected chi connectivity index (χ0v) is 13.1. The quantitative estimate of drug-likeness (QED) is 0.586. The van der Waals surface area contributed by atoms with Gasteiger partial charge in [0.05, 0.1) is 11.7 Å². The van der Waals surface area contributed by atoms with Crippen molar-refractivity contribution in [2.45, 2.75) is 24.5 Å². The Hall–Kier alpha value is -0.630. The summed E-state index contributed by atoms with van der Waals surface area (Å²) in [6.45, 7) is 1.74. The molecule has 0 spiro atoms. The molecule has 1 fully saturated rings. The summed E-state index contributed by atoms with van der Waals surface area (Å²) in [7, 11) is -9.11. The summed E-state index contributed by atoms with van der Waals surface area (Å²) in [5.41, 5.74) is 1.17. The first-order valence-corrected chi connectivity index (χ1v) is 9.17. The minimum Gasteiger partial charge on any atom is -0.322 e. The molecule has 1 aromatic heterocycles. The molecular formula is C10H16N2O7P2. The summed E-state index contributed by atoms with van der Waals surface area (Å²) in [6, 6.07) is 2.66. The molecule has 1 aromatic rings. The predicted octanol–water partition coefficient (Wildman–Crippen LogP) is 0.707. The molecule has 4 N–H and O–H groups in total. The molecule has 1 aliphatic rings. The van der Waals surface area contributed by atoms with E-state index in [4.69, 9.17) is 4.84 Å². The summed E-state index contributed by atoms with van der Waals surface area (Å²) < 4.78 is 23.3. The Morgan fingerprint density at radius 1 is 1.33 bits per heavy atom. The van der Waals surface area contributed by atoms with E-state index in [1.165, 1.54) is 13.2 Å². The van der Waals surface area contributed by atoms with Gasteiger partial charge in [0.15, 0.2) is 0 Å². The number of aryl methyl sites for hydroxylation is 1. The maximum atomic E-state index is 11.6. The number of hydrogen-bond donors (Lipinski definition) is 4. The van der Waals surface area contributed by atoms with E-state index in [-0.39, 0.29) is 0 Å². The lowest BCUT2D eigenvalue weighted by molar-refractivity contribution is -0.146. The molecule has 21 heavy (non-hydrogen) atoms. The molecule has 11 heteroatoms. The van der Waals surface area contributed by atoms with Crippen molar-refractivity contribution in [3.63, 3.8) is 0 Å². The number of rotatable bonds is 3. The molecule has 0 bridgehead atoms. The summed E-state index contributed by atoms with van der Waals surface area (Å²) in [5.74, 6) is 0. The maximum Gasteiger partial charge on any atom is 0.371 e. The Balaban J connectivity index is 2.51. The van der Waals surface area contributed by atoms with Crippen LogP contribution in [-0.2, 0) is 14.0 Å². The van der Waals surface area contributed by atoms with Crippen molar-refractivity contribution in [3.05, 3.63) is 29.6 Å². The third kappa shape index (κ3) is 2.72. The fraction of sp³-hybridized carbons (Fsp3) is 0.500. The van der Waals surface area contributed by atoms with E-state index in [1.54, 1.807) is 19.1 Å². The highest BCUT2D eigenvalue weighted by molar-refractivity contribution is 7.72. The average Bonchev–Trinajstić information content (AvgIpc) is 2.68. The highest BCUT2D eigenvalue weighted by atomic mass is 31.2. The number of hydrogen-bond acceptors (Lipinski definition) is 5. The normalized spacial score (nSPS) is 23.4. The molecule has 118 valence electrons. The minimum atomic E-state index is -5.23. The van der Waals surface area contributed by atoms with Gasteiger partial charge in [-0.2, -0.15) is 5.06 Å². The molecule has 2 heterocycles. The van der Waals surface area contributed by atoms with Crippen LogP contribution >= 0.6 is 15.2 Å². The van der Waals surface area contributed by atoms with Gasteiger partial charge in [-0.1, -0.05) is 6.07 Å². The smallest absolute Gasteiger partial charge is 0.322 e. The maximum absolute atomic E-state index is 11.6. The summed E-state index contributed by atoms with van der Waals surface area (Å²) in [6.07, 6.45) is 0.932. The van der Waals surface area contributed by atoms with Gasteiger partial charge < -0.3 is 19.6 Å². The fourth-order valence-electron chi connectivity index (χ4n) is 2.34. The molecule has 1 unspecified atom stereocenters. The van der Waals surface area contributed by atoms with Gasteiger partial charge >= 0.3 is 15.2 Å². The van der Waals surface area contributed by atoms with Gasteiger partial charge in [-0.3, -0.25) is 19.0 Å². The summed E-state index contributed by atoms with van der Waals surface area (Å²) >= 11 is 0. The Kier molecular flexibility index (Phi) is 4.16. The first kappa shape index (κ1) is 16.7. The molecule has 1 atom stereocenters. The molecule has 0 amide bonds. The van der Waals surface area contributed by atoms with Crippen LogP contribution < -0.4 is 0 Å². The monoisotopic (exact) mass is 338 g/mol. The van der Waals surface area contributed by atoms with Gasteiger partial charge in [-0.05, 0) is 18.6 Å². The topological polar surface area (TPSA) is 140 Å². The second-order valence-electron chi connectivity index (χ2n) is 4.89. The van der Waals surface area contributed by atoms with Crippen molar-refractivity contribution >= 4 is 15.2 Å². The number of nitrogens with zero attached hydrogens (tertiary/aromatic N) is 2. The molecule has 9 nitrogen and oxygen atoms in total. The number of hydroxylamine groups is 2. The minimum absolute atomic E-state index is 0.448.